The lowest BCUT2D eigenvalue weighted by Crippen LogP contribution is -2.42. The summed E-state index contributed by atoms with van der Waals surface area (Å²) in [6.07, 6.45) is 1.15. The molecular weight excluding hydrogens is 318 g/mol. The Morgan fingerprint density at radius 2 is 2.14 bits per heavy atom. The van der Waals surface area contributed by atoms with E-state index in [9.17, 15) is 18.0 Å². The van der Waals surface area contributed by atoms with Crippen LogP contribution >= 0.6 is 11.3 Å². The number of carbonyl (C=O) groups excluding carboxylic acids is 1. The number of esters is 1. The van der Waals surface area contributed by atoms with Crippen molar-refractivity contribution in [2.24, 2.45) is 5.92 Å². The molecule has 2 rings (SSSR count). The zero-order valence-corrected chi connectivity index (χ0v) is 12.9. The Labute approximate surface area is 126 Å². The molecule has 21 heavy (non-hydrogen) atoms. The average molecular weight is 333 g/mol. The molecule has 0 saturated carbocycles. The van der Waals surface area contributed by atoms with Crippen molar-refractivity contribution in [2.45, 2.75) is 17.1 Å². The van der Waals surface area contributed by atoms with E-state index in [1.807, 2.05) is 0 Å². The molecule has 1 aromatic heterocycles. The second-order valence-corrected chi connectivity index (χ2v) is 7.90. The van der Waals surface area contributed by atoms with E-state index in [0.29, 0.717) is 30.7 Å². The third kappa shape index (κ3) is 3.25. The first kappa shape index (κ1) is 15.9. The van der Waals surface area contributed by atoms with Crippen LogP contribution in [-0.2, 0) is 19.6 Å². The lowest BCUT2D eigenvalue weighted by Gasteiger charge is -2.29. The number of nitrogens with zero attached hydrogens (tertiary/aromatic N) is 1. The van der Waals surface area contributed by atoms with Crippen LogP contribution in [-0.4, -0.2) is 50.0 Å². The molecule has 9 heteroatoms. The van der Waals surface area contributed by atoms with Crippen LogP contribution in [0.3, 0.4) is 0 Å². The Morgan fingerprint density at radius 3 is 2.71 bits per heavy atom. The van der Waals surface area contributed by atoms with Gasteiger partial charge in [0.15, 0.2) is 0 Å². The third-order valence-corrected chi connectivity index (χ3v) is 6.71. The van der Waals surface area contributed by atoms with Gasteiger partial charge in [0.25, 0.3) is 10.0 Å². The number of piperidine rings is 1. The minimum absolute atomic E-state index is 0.0228. The van der Waals surface area contributed by atoms with Gasteiger partial charge in [0.2, 0.25) is 0 Å². The van der Waals surface area contributed by atoms with Crippen LogP contribution in [0.5, 0.6) is 0 Å². The van der Waals surface area contributed by atoms with Crippen molar-refractivity contribution in [3.05, 3.63) is 17.0 Å². The van der Waals surface area contributed by atoms with Gasteiger partial charge in [-0.05, 0) is 25.0 Å². The zero-order valence-electron chi connectivity index (χ0n) is 11.3. The molecule has 116 valence electrons. The van der Waals surface area contributed by atoms with E-state index in [-0.39, 0.29) is 15.6 Å². The molecule has 0 aliphatic carbocycles. The van der Waals surface area contributed by atoms with Gasteiger partial charge in [-0.15, -0.1) is 11.3 Å². The van der Waals surface area contributed by atoms with Crippen LogP contribution in [0, 0.1) is 5.92 Å². The molecule has 1 saturated heterocycles. The van der Waals surface area contributed by atoms with E-state index in [2.05, 4.69) is 4.74 Å². The Balaban J connectivity index is 2.22. The minimum atomic E-state index is -3.77. The average Bonchev–Trinajstić information content (AvgIpc) is 2.97. The fraction of sp³-hybridized carbons (Fsp3) is 0.500. The first-order chi connectivity index (χ1) is 9.86. The van der Waals surface area contributed by atoms with E-state index < -0.39 is 27.9 Å². The standard InChI is InChI=1S/C12H15NO6S2/c1-19-12(16)8-3-2-6-13(7-8)21(17,18)10-5-4-9(20-10)11(14)15/h4-5,8H,2-3,6-7H2,1H3,(H,14,15). The molecule has 0 aromatic carbocycles. The highest BCUT2D eigenvalue weighted by Crippen LogP contribution is 2.28. The number of rotatable bonds is 4. The fourth-order valence-corrected chi connectivity index (χ4v) is 5.04. The molecule has 0 radical (unpaired) electrons. The van der Waals surface area contributed by atoms with Crippen molar-refractivity contribution in [3.8, 4) is 0 Å². The van der Waals surface area contributed by atoms with Crippen LogP contribution in [0.15, 0.2) is 16.3 Å². The summed E-state index contributed by atoms with van der Waals surface area (Å²) in [5, 5.41) is 8.86. The highest BCUT2D eigenvalue weighted by Gasteiger charge is 2.34. The lowest BCUT2D eigenvalue weighted by atomic mass is 10.0. The van der Waals surface area contributed by atoms with Gasteiger partial charge in [-0.2, -0.15) is 4.31 Å². The van der Waals surface area contributed by atoms with Crippen molar-refractivity contribution >= 4 is 33.3 Å². The quantitative estimate of drug-likeness (QED) is 0.826. The number of ether oxygens (including phenoxy) is 1. The van der Waals surface area contributed by atoms with Crippen molar-refractivity contribution in [1.29, 1.82) is 0 Å². The van der Waals surface area contributed by atoms with E-state index >= 15 is 0 Å². The highest BCUT2D eigenvalue weighted by atomic mass is 32.2. The SMILES string of the molecule is COC(=O)C1CCCN(S(=O)(=O)c2ccc(C(=O)O)s2)C1. The first-order valence-corrected chi connectivity index (χ1v) is 8.53. The topological polar surface area (TPSA) is 101 Å². The number of sulfonamides is 1. The number of hydrogen-bond donors (Lipinski definition) is 1. The van der Waals surface area contributed by atoms with Crippen molar-refractivity contribution in [1.82, 2.24) is 4.31 Å². The number of methoxy groups -OCH3 is 1. The van der Waals surface area contributed by atoms with Gasteiger partial charge < -0.3 is 9.84 Å². The summed E-state index contributed by atoms with van der Waals surface area (Å²) in [6, 6.07) is 2.55. The maximum Gasteiger partial charge on any atom is 0.345 e. The predicted octanol–water partition coefficient (Wildman–Crippen LogP) is 1.02. The van der Waals surface area contributed by atoms with Gasteiger partial charge in [0.05, 0.1) is 13.0 Å². The zero-order chi connectivity index (χ0) is 15.6. The van der Waals surface area contributed by atoms with Crippen molar-refractivity contribution in [2.75, 3.05) is 20.2 Å². The van der Waals surface area contributed by atoms with Crippen LogP contribution < -0.4 is 0 Å². The molecule has 0 amide bonds. The van der Waals surface area contributed by atoms with E-state index in [4.69, 9.17) is 5.11 Å². The summed E-state index contributed by atoms with van der Waals surface area (Å²) in [6.45, 7) is 0.380. The second-order valence-electron chi connectivity index (χ2n) is 4.65. The fourth-order valence-electron chi connectivity index (χ4n) is 2.22. The Morgan fingerprint density at radius 1 is 1.43 bits per heavy atom. The van der Waals surface area contributed by atoms with Crippen molar-refractivity contribution in [3.63, 3.8) is 0 Å². The summed E-state index contributed by atoms with van der Waals surface area (Å²) in [4.78, 5) is 22.4. The molecule has 0 spiro atoms. The number of carboxylic acid groups (broad SMARTS) is 1. The maximum atomic E-state index is 12.5. The summed E-state index contributed by atoms with van der Waals surface area (Å²) in [5.41, 5.74) is 0. The molecule has 1 N–H and O–H groups in total. The predicted molar refractivity (Wildman–Crippen MR) is 74.8 cm³/mol. The number of carbonyl (C=O) groups is 2. The van der Waals surface area contributed by atoms with Gasteiger partial charge in [0, 0.05) is 13.1 Å². The molecule has 1 atom stereocenters. The number of carboxylic acids is 1. The number of aromatic carboxylic acids is 1. The summed E-state index contributed by atoms with van der Waals surface area (Å²) >= 11 is 0.712. The first-order valence-electron chi connectivity index (χ1n) is 6.27. The van der Waals surface area contributed by atoms with E-state index in [0.717, 1.165) is 0 Å². The molecule has 1 aliphatic heterocycles. The largest absolute Gasteiger partial charge is 0.477 e. The molecule has 1 fully saturated rings. The molecule has 1 aromatic rings. The number of thiophene rings is 1. The molecule has 2 heterocycles. The maximum absolute atomic E-state index is 12.5. The summed E-state index contributed by atoms with van der Waals surface area (Å²) < 4.78 is 30.8. The summed E-state index contributed by atoms with van der Waals surface area (Å²) in [7, 11) is -2.50. The van der Waals surface area contributed by atoms with E-state index in [1.54, 1.807) is 0 Å². The van der Waals surface area contributed by atoms with Gasteiger partial charge in [-0.3, -0.25) is 4.79 Å². The van der Waals surface area contributed by atoms with Gasteiger partial charge in [-0.25, -0.2) is 13.2 Å². The van der Waals surface area contributed by atoms with E-state index in [1.165, 1.54) is 23.5 Å². The highest BCUT2D eigenvalue weighted by molar-refractivity contribution is 7.91. The Kier molecular flexibility index (Phi) is 4.64. The van der Waals surface area contributed by atoms with Gasteiger partial charge in [0.1, 0.15) is 9.09 Å². The van der Waals surface area contributed by atoms with Crippen LogP contribution in [0.1, 0.15) is 22.5 Å². The molecule has 0 bridgehead atoms. The normalized spacial score (nSPS) is 20.1. The van der Waals surface area contributed by atoms with Crippen LogP contribution in [0.4, 0.5) is 0 Å². The van der Waals surface area contributed by atoms with Gasteiger partial charge >= 0.3 is 11.9 Å². The molecule has 1 aliphatic rings. The molecule has 7 nitrogen and oxygen atoms in total. The van der Waals surface area contributed by atoms with Crippen LogP contribution in [0.25, 0.3) is 0 Å². The second kappa shape index (κ2) is 6.12. The minimum Gasteiger partial charge on any atom is -0.477 e. The Bertz CT molecular complexity index is 650. The molecular formula is C12H15NO6S2. The Hall–Kier alpha value is -1.45. The third-order valence-electron chi connectivity index (χ3n) is 3.30. The number of hydrogen-bond acceptors (Lipinski definition) is 6. The van der Waals surface area contributed by atoms with Crippen molar-refractivity contribution < 1.29 is 27.9 Å². The molecule has 1 unspecified atom stereocenters. The van der Waals surface area contributed by atoms with Gasteiger partial charge in [-0.1, -0.05) is 0 Å². The van der Waals surface area contributed by atoms with Crippen LogP contribution in [0.2, 0.25) is 0 Å². The smallest absolute Gasteiger partial charge is 0.345 e. The lowest BCUT2D eigenvalue weighted by molar-refractivity contribution is -0.146. The summed E-state index contributed by atoms with van der Waals surface area (Å²) in [5.74, 6) is -2.06. The monoisotopic (exact) mass is 333 g/mol.